The molecule has 0 radical (unpaired) electrons. The zero-order chi connectivity index (χ0) is 26.0. The van der Waals surface area contributed by atoms with E-state index in [4.69, 9.17) is 32.5 Å². The van der Waals surface area contributed by atoms with Gasteiger partial charge in [-0.15, -0.1) is 0 Å². The molecule has 0 bridgehead atoms. The minimum Gasteiger partial charge on any atom is -0.464 e. The molecular weight excluding hydrogens is 545 g/mol. The van der Waals surface area contributed by atoms with Crippen LogP contribution in [0, 0.1) is 5.41 Å². The van der Waals surface area contributed by atoms with Crippen molar-refractivity contribution in [1.29, 1.82) is 0 Å². The number of amides is 1. The maximum Gasteiger partial charge on any atom is 0.418 e. The van der Waals surface area contributed by atoms with Crippen molar-refractivity contribution in [3.8, 4) is 11.3 Å². The molecule has 7 nitrogen and oxygen atoms in total. The number of carbonyl (C=O) groups is 1. The van der Waals surface area contributed by atoms with Gasteiger partial charge in [0.2, 0.25) is 0 Å². The fourth-order valence-electron chi connectivity index (χ4n) is 6.13. The second-order valence-electron chi connectivity index (χ2n) is 11.0. The average molecular weight is 573 g/mol. The summed E-state index contributed by atoms with van der Waals surface area (Å²) in [5.41, 5.74) is 4.89. The minimum absolute atomic E-state index is 0.200. The van der Waals surface area contributed by atoms with Crippen molar-refractivity contribution in [2.75, 3.05) is 18.0 Å². The van der Waals surface area contributed by atoms with Crippen LogP contribution in [0.5, 0.6) is 0 Å². The van der Waals surface area contributed by atoms with Gasteiger partial charge in [0.25, 0.3) is 0 Å². The molecule has 10 heteroatoms. The number of aromatic nitrogens is 1. The van der Waals surface area contributed by atoms with Gasteiger partial charge in [-0.2, -0.15) is 0 Å². The first-order chi connectivity index (χ1) is 18.4. The van der Waals surface area contributed by atoms with E-state index in [-0.39, 0.29) is 11.5 Å². The van der Waals surface area contributed by atoms with Crippen molar-refractivity contribution in [2.24, 2.45) is 5.41 Å². The summed E-state index contributed by atoms with van der Waals surface area (Å²) in [5, 5.41) is 14.8. The number of ether oxygens (including phenoxy) is 1. The van der Waals surface area contributed by atoms with E-state index in [9.17, 15) is 9.90 Å². The Labute approximate surface area is 235 Å². The summed E-state index contributed by atoms with van der Waals surface area (Å²) in [6.45, 7) is 2.89. The fraction of sp³-hybridized carbons (Fsp3) is 0.429. The van der Waals surface area contributed by atoms with Crippen LogP contribution >= 0.6 is 35.1 Å². The number of hydrogen-bond donors (Lipinski definition) is 1. The maximum absolute atomic E-state index is 11.3. The minimum atomic E-state index is -0.897. The second kappa shape index (κ2) is 9.37. The summed E-state index contributed by atoms with van der Waals surface area (Å²) in [7, 11) is 0. The summed E-state index contributed by atoms with van der Waals surface area (Å²) >= 11 is 14.3. The van der Waals surface area contributed by atoms with Gasteiger partial charge < -0.3 is 19.3 Å². The molecule has 4 aliphatic rings. The molecule has 7 rings (SSSR count). The van der Waals surface area contributed by atoms with Crippen LogP contribution in [-0.2, 0) is 17.9 Å². The van der Waals surface area contributed by atoms with Crippen LogP contribution in [0.25, 0.3) is 11.3 Å². The lowest BCUT2D eigenvalue weighted by Crippen LogP contribution is -2.44. The van der Waals surface area contributed by atoms with Crippen molar-refractivity contribution < 1.29 is 19.2 Å². The van der Waals surface area contributed by atoms with E-state index < -0.39 is 6.09 Å². The van der Waals surface area contributed by atoms with Crippen LogP contribution in [-0.4, -0.2) is 39.9 Å². The number of nitrogens with zero attached hydrogens (tertiary/aromatic N) is 3. The van der Waals surface area contributed by atoms with Gasteiger partial charge >= 0.3 is 6.09 Å². The molecule has 3 aromatic rings. The molecular formula is C28H27Cl2N3O4S. The highest BCUT2D eigenvalue weighted by Crippen LogP contribution is 2.52. The monoisotopic (exact) mass is 571 g/mol. The van der Waals surface area contributed by atoms with Crippen molar-refractivity contribution in [1.82, 2.24) is 9.46 Å². The Bertz CT molecular complexity index is 1400. The van der Waals surface area contributed by atoms with E-state index in [1.807, 2.05) is 18.2 Å². The number of fused-ring (bicyclic) bond motifs is 1. The van der Waals surface area contributed by atoms with Crippen molar-refractivity contribution in [2.45, 2.75) is 62.2 Å². The van der Waals surface area contributed by atoms with Crippen LogP contribution in [0.2, 0.25) is 10.0 Å². The standard InChI is InChI=1S/C28H27Cl2N3O4S/c29-21-2-1-3-22(30)24(21)25-20(26(37-31-25)16-4-5-16)14-36-19-11-28(12-19)8-9-32(15-28)18-7-6-17-13-33(27(34)35)38-23(17)10-18/h1-3,6-7,10,16,19H,4-5,8-9,11-15H2,(H,34,35). The predicted molar refractivity (Wildman–Crippen MR) is 147 cm³/mol. The average Bonchev–Trinajstić information content (AvgIpc) is 3.28. The normalized spacial score (nSPS) is 24.2. The van der Waals surface area contributed by atoms with Crippen LogP contribution < -0.4 is 4.90 Å². The molecule has 3 fully saturated rings. The van der Waals surface area contributed by atoms with E-state index >= 15 is 0 Å². The van der Waals surface area contributed by atoms with E-state index in [1.165, 1.54) is 21.9 Å². The smallest absolute Gasteiger partial charge is 0.418 e. The molecule has 1 N–H and O–H groups in total. The van der Waals surface area contributed by atoms with E-state index in [1.54, 1.807) is 0 Å². The van der Waals surface area contributed by atoms with Crippen molar-refractivity contribution in [3.05, 3.63) is 63.3 Å². The SMILES string of the molecule is O=C(O)N1Cc2ccc(N3CCC4(CC(OCc5c(-c6c(Cl)cccc6Cl)noc5C5CC5)C4)C3)cc2S1. The molecule has 0 unspecified atom stereocenters. The molecule has 1 amide bonds. The number of hydrogen-bond acceptors (Lipinski definition) is 6. The Hall–Kier alpha value is -2.39. The summed E-state index contributed by atoms with van der Waals surface area (Å²) < 4.78 is 13.6. The number of benzene rings is 2. The molecule has 38 heavy (non-hydrogen) atoms. The summed E-state index contributed by atoms with van der Waals surface area (Å²) in [5.74, 6) is 1.31. The first-order valence-electron chi connectivity index (χ1n) is 13.0. The van der Waals surface area contributed by atoms with E-state index in [0.717, 1.165) is 67.0 Å². The highest BCUT2D eigenvalue weighted by molar-refractivity contribution is 7.97. The quantitative estimate of drug-likeness (QED) is 0.305. The summed E-state index contributed by atoms with van der Waals surface area (Å²) in [6.07, 6.45) is 4.71. The number of rotatable bonds is 6. The number of anilines is 1. The zero-order valence-corrected chi connectivity index (χ0v) is 23.0. The Morgan fingerprint density at radius 1 is 1.21 bits per heavy atom. The Morgan fingerprint density at radius 3 is 2.74 bits per heavy atom. The molecule has 2 aliphatic heterocycles. The Balaban J connectivity index is 1.00. The van der Waals surface area contributed by atoms with Crippen LogP contribution in [0.3, 0.4) is 0 Å². The van der Waals surface area contributed by atoms with Gasteiger partial charge in [0.05, 0.1) is 29.3 Å². The topological polar surface area (TPSA) is 79.0 Å². The summed E-state index contributed by atoms with van der Waals surface area (Å²) in [4.78, 5) is 14.8. The Kier molecular flexibility index (Phi) is 6.07. The van der Waals surface area contributed by atoms with Gasteiger partial charge in [-0.3, -0.25) is 0 Å². The maximum atomic E-state index is 11.3. The second-order valence-corrected chi connectivity index (χ2v) is 12.8. The van der Waals surface area contributed by atoms with Gasteiger partial charge in [0, 0.05) is 40.7 Å². The third-order valence-electron chi connectivity index (χ3n) is 8.34. The highest BCUT2D eigenvalue weighted by atomic mass is 35.5. The largest absolute Gasteiger partial charge is 0.464 e. The fourth-order valence-corrected chi connectivity index (χ4v) is 7.65. The molecule has 2 aliphatic carbocycles. The molecule has 198 valence electrons. The van der Waals surface area contributed by atoms with Gasteiger partial charge in [0.15, 0.2) is 0 Å². The molecule has 3 heterocycles. The lowest BCUT2D eigenvalue weighted by Gasteiger charge is -2.45. The molecule has 0 atom stereocenters. The first-order valence-corrected chi connectivity index (χ1v) is 14.5. The molecule has 1 spiro atoms. The number of halogens is 2. The molecule has 1 saturated heterocycles. The van der Waals surface area contributed by atoms with E-state index in [0.29, 0.717) is 40.4 Å². The van der Waals surface area contributed by atoms with Crippen LogP contribution in [0.15, 0.2) is 45.8 Å². The van der Waals surface area contributed by atoms with Crippen molar-refractivity contribution in [3.63, 3.8) is 0 Å². The lowest BCUT2D eigenvalue weighted by molar-refractivity contribution is -0.0796. The summed E-state index contributed by atoms with van der Waals surface area (Å²) in [6, 6.07) is 11.8. The lowest BCUT2D eigenvalue weighted by atomic mass is 9.66. The molecule has 2 saturated carbocycles. The van der Waals surface area contributed by atoms with E-state index in [2.05, 4.69) is 28.3 Å². The number of carboxylic acid groups (broad SMARTS) is 1. The van der Waals surface area contributed by atoms with Gasteiger partial charge in [-0.05, 0) is 79.3 Å². The highest BCUT2D eigenvalue weighted by Gasteiger charge is 2.49. The van der Waals surface area contributed by atoms with Crippen LogP contribution in [0.1, 0.15) is 54.9 Å². The van der Waals surface area contributed by atoms with Gasteiger partial charge in [-0.1, -0.05) is 40.5 Å². The molecule has 2 aromatic carbocycles. The van der Waals surface area contributed by atoms with Gasteiger partial charge in [-0.25, -0.2) is 9.10 Å². The van der Waals surface area contributed by atoms with Gasteiger partial charge in [0.1, 0.15) is 11.5 Å². The first kappa shape index (κ1) is 24.6. The zero-order valence-electron chi connectivity index (χ0n) is 20.7. The molecule has 1 aromatic heterocycles. The third kappa shape index (κ3) is 4.35. The Morgan fingerprint density at radius 2 is 2.00 bits per heavy atom. The third-order valence-corrected chi connectivity index (χ3v) is 10.1. The van der Waals surface area contributed by atoms with Crippen molar-refractivity contribution >= 4 is 46.9 Å². The predicted octanol–water partition coefficient (Wildman–Crippen LogP) is 7.60. The van der Waals surface area contributed by atoms with Crippen LogP contribution in [0.4, 0.5) is 10.5 Å².